The summed E-state index contributed by atoms with van der Waals surface area (Å²) < 4.78 is 0. The van der Waals surface area contributed by atoms with Gasteiger partial charge in [0.25, 0.3) is 0 Å². The van der Waals surface area contributed by atoms with Gasteiger partial charge >= 0.3 is 0 Å². The number of hydrogen-bond donors (Lipinski definition) is 1. The minimum Gasteiger partial charge on any atom is -0.311 e. The Labute approximate surface area is 134 Å². The summed E-state index contributed by atoms with van der Waals surface area (Å²) in [5.74, 6) is 0.670. The molecule has 4 heteroatoms. The van der Waals surface area contributed by atoms with E-state index in [1.54, 1.807) is 0 Å². The van der Waals surface area contributed by atoms with E-state index in [9.17, 15) is 0 Å². The molecule has 1 aliphatic rings. The van der Waals surface area contributed by atoms with Crippen LogP contribution in [-0.4, -0.2) is 35.1 Å². The molecule has 0 amide bonds. The Kier molecular flexibility index (Phi) is 5.44. The fraction of sp³-hybridized carbons (Fsp3) is 0.824. The highest BCUT2D eigenvalue weighted by molar-refractivity contribution is 7.11. The van der Waals surface area contributed by atoms with Crippen molar-refractivity contribution in [2.24, 2.45) is 11.3 Å². The van der Waals surface area contributed by atoms with Crippen molar-refractivity contribution in [3.63, 3.8) is 0 Å². The molecule has 3 nitrogen and oxygen atoms in total. The lowest BCUT2D eigenvalue weighted by molar-refractivity contribution is 0.0572. The minimum absolute atomic E-state index is 0.303. The first-order valence-electron chi connectivity index (χ1n) is 8.22. The van der Waals surface area contributed by atoms with Crippen molar-refractivity contribution in [2.45, 2.75) is 66.6 Å². The maximum Gasteiger partial charge on any atom is 0.107 e. The molecule has 1 aromatic heterocycles. The summed E-state index contributed by atoms with van der Waals surface area (Å²) in [5.41, 5.74) is 0.303. The van der Waals surface area contributed by atoms with Crippen LogP contribution in [0.1, 0.15) is 51.4 Å². The first-order chi connectivity index (χ1) is 9.81. The van der Waals surface area contributed by atoms with Crippen LogP contribution in [0.15, 0.2) is 6.20 Å². The normalized spacial score (nSPS) is 24.7. The van der Waals surface area contributed by atoms with E-state index in [-0.39, 0.29) is 0 Å². The molecule has 0 radical (unpaired) electrons. The van der Waals surface area contributed by atoms with Gasteiger partial charge in [0, 0.05) is 36.2 Å². The first-order valence-corrected chi connectivity index (χ1v) is 9.04. The summed E-state index contributed by atoms with van der Waals surface area (Å²) in [6.07, 6.45) is 3.14. The number of hydrogen-bond acceptors (Lipinski definition) is 4. The van der Waals surface area contributed by atoms with Crippen molar-refractivity contribution in [1.29, 1.82) is 0 Å². The highest BCUT2D eigenvalue weighted by Crippen LogP contribution is 2.27. The van der Waals surface area contributed by atoms with Crippen molar-refractivity contribution < 1.29 is 0 Å². The highest BCUT2D eigenvalue weighted by atomic mass is 32.1. The molecule has 0 bridgehead atoms. The third-order valence-corrected chi connectivity index (χ3v) is 5.69. The van der Waals surface area contributed by atoms with Crippen molar-refractivity contribution in [2.75, 3.05) is 13.1 Å². The Bertz CT molecular complexity index is 447. The molecule has 1 aromatic rings. The lowest BCUT2D eigenvalue weighted by Crippen LogP contribution is -2.61. The summed E-state index contributed by atoms with van der Waals surface area (Å²) in [7, 11) is 0. The van der Waals surface area contributed by atoms with E-state index in [1.165, 1.54) is 9.88 Å². The molecule has 0 aliphatic carbocycles. The van der Waals surface area contributed by atoms with Gasteiger partial charge in [-0.25, -0.2) is 4.98 Å². The van der Waals surface area contributed by atoms with E-state index in [0.717, 1.165) is 26.1 Å². The number of aryl methyl sites for hydroxylation is 1. The zero-order valence-corrected chi connectivity index (χ0v) is 15.3. The summed E-state index contributed by atoms with van der Waals surface area (Å²) in [5, 5.41) is 5.03. The van der Waals surface area contributed by atoms with Gasteiger partial charge in [0.1, 0.15) is 5.01 Å². The minimum atomic E-state index is 0.303. The van der Waals surface area contributed by atoms with Gasteiger partial charge in [-0.3, -0.25) is 4.90 Å². The van der Waals surface area contributed by atoms with Gasteiger partial charge < -0.3 is 5.32 Å². The second-order valence-corrected chi connectivity index (χ2v) is 8.84. The highest BCUT2D eigenvalue weighted by Gasteiger charge is 2.35. The summed E-state index contributed by atoms with van der Waals surface area (Å²) in [6, 6.07) is 1.16. The van der Waals surface area contributed by atoms with Gasteiger partial charge in [0.15, 0.2) is 0 Å². The van der Waals surface area contributed by atoms with Crippen LogP contribution in [0.5, 0.6) is 0 Å². The molecule has 0 saturated carbocycles. The third kappa shape index (κ3) is 4.27. The molecular weight excluding hydrogens is 278 g/mol. The summed E-state index contributed by atoms with van der Waals surface area (Å²) in [6.45, 7) is 17.1. The van der Waals surface area contributed by atoms with Crippen LogP contribution in [0.4, 0.5) is 0 Å². The molecule has 2 rings (SSSR count). The van der Waals surface area contributed by atoms with Gasteiger partial charge in [-0.05, 0) is 17.8 Å². The third-order valence-electron chi connectivity index (χ3n) is 4.56. The van der Waals surface area contributed by atoms with E-state index in [4.69, 9.17) is 0 Å². The second-order valence-electron chi connectivity index (χ2n) is 7.64. The van der Waals surface area contributed by atoms with E-state index in [0.29, 0.717) is 23.4 Å². The Hall–Kier alpha value is -0.450. The molecule has 0 aromatic carbocycles. The number of piperazine rings is 1. The summed E-state index contributed by atoms with van der Waals surface area (Å²) in [4.78, 5) is 8.66. The standard InChI is InChI=1S/C17H31N3S/c1-7-13-8-19-16(21-13)11-20-10-15(17(4,5)6)18-9-14(20)12(2)3/h8,12,14-15,18H,7,9-11H2,1-6H3. The van der Waals surface area contributed by atoms with Crippen LogP contribution in [0.3, 0.4) is 0 Å². The molecule has 1 saturated heterocycles. The van der Waals surface area contributed by atoms with Crippen LogP contribution < -0.4 is 5.32 Å². The van der Waals surface area contributed by atoms with Gasteiger partial charge in [-0.15, -0.1) is 11.3 Å². The molecular formula is C17H31N3S. The fourth-order valence-corrected chi connectivity index (χ4v) is 3.89. The molecule has 2 atom stereocenters. The number of aromatic nitrogens is 1. The van der Waals surface area contributed by atoms with Crippen LogP contribution in [-0.2, 0) is 13.0 Å². The predicted molar refractivity (Wildman–Crippen MR) is 91.8 cm³/mol. The zero-order chi connectivity index (χ0) is 15.6. The first kappa shape index (κ1) is 16.9. The number of nitrogens with zero attached hydrogens (tertiary/aromatic N) is 2. The van der Waals surface area contributed by atoms with E-state index in [2.05, 4.69) is 56.7 Å². The smallest absolute Gasteiger partial charge is 0.107 e. The van der Waals surface area contributed by atoms with Gasteiger partial charge in [-0.2, -0.15) is 0 Å². The summed E-state index contributed by atoms with van der Waals surface area (Å²) >= 11 is 1.88. The molecule has 2 heterocycles. The van der Waals surface area contributed by atoms with E-state index >= 15 is 0 Å². The largest absolute Gasteiger partial charge is 0.311 e. The number of nitrogens with one attached hydrogen (secondary N) is 1. The van der Waals surface area contributed by atoms with E-state index in [1.807, 2.05) is 17.5 Å². The second kappa shape index (κ2) is 6.76. The van der Waals surface area contributed by atoms with Gasteiger partial charge in [0.2, 0.25) is 0 Å². The quantitative estimate of drug-likeness (QED) is 0.922. The van der Waals surface area contributed by atoms with Crippen molar-refractivity contribution in [3.05, 3.63) is 16.1 Å². The molecule has 120 valence electrons. The molecule has 1 aliphatic heterocycles. The Morgan fingerprint density at radius 2 is 2.14 bits per heavy atom. The topological polar surface area (TPSA) is 28.2 Å². The van der Waals surface area contributed by atoms with Crippen molar-refractivity contribution in [3.8, 4) is 0 Å². The maximum atomic E-state index is 4.62. The molecule has 21 heavy (non-hydrogen) atoms. The van der Waals surface area contributed by atoms with Gasteiger partial charge in [0.05, 0.1) is 6.54 Å². The number of rotatable bonds is 4. The Morgan fingerprint density at radius 1 is 1.43 bits per heavy atom. The monoisotopic (exact) mass is 309 g/mol. The molecule has 0 spiro atoms. The average Bonchev–Trinajstić information content (AvgIpc) is 2.85. The van der Waals surface area contributed by atoms with Gasteiger partial charge in [-0.1, -0.05) is 41.5 Å². The van der Waals surface area contributed by atoms with Crippen molar-refractivity contribution >= 4 is 11.3 Å². The van der Waals surface area contributed by atoms with Crippen LogP contribution in [0, 0.1) is 11.3 Å². The molecule has 1 fully saturated rings. The molecule has 1 N–H and O–H groups in total. The lowest BCUT2D eigenvalue weighted by Gasteiger charge is -2.46. The molecule has 2 unspecified atom stereocenters. The number of thiazole rings is 1. The van der Waals surface area contributed by atoms with Crippen molar-refractivity contribution in [1.82, 2.24) is 15.2 Å². The van der Waals surface area contributed by atoms with E-state index < -0.39 is 0 Å². The zero-order valence-electron chi connectivity index (χ0n) is 14.4. The fourth-order valence-electron chi connectivity index (χ4n) is 3.00. The Balaban J connectivity index is 2.10. The van der Waals surface area contributed by atoms with Crippen LogP contribution in [0.2, 0.25) is 0 Å². The predicted octanol–water partition coefficient (Wildman–Crippen LogP) is 3.55. The van der Waals surface area contributed by atoms with Crippen LogP contribution >= 0.6 is 11.3 Å². The lowest BCUT2D eigenvalue weighted by atomic mass is 9.83. The average molecular weight is 310 g/mol. The SMILES string of the molecule is CCc1cnc(CN2CC(C(C)(C)C)NCC2C(C)C)s1. The Morgan fingerprint density at radius 3 is 2.67 bits per heavy atom. The maximum absolute atomic E-state index is 4.62. The van der Waals surface area contributed by atoms with Crippen LogP contribution in [0.25, 0.3) is 0 Å².